The van der Waals surface area contributed by atoms with E-state index in [-0.39, 0.29) is 23.9 Å². The number of methoxy groups -OCH3 is 1. The summed E-state index contributed by atoms with van der Waals surface area (Å²) in [4.78, 5) is 26.9. The molecule has 142 valence electrons. The molecule has 0 spiro atoms. The van der Waals surface area contributed by atoms with E-state index in [0.29, 0.717) is 30.1 Å². The first-order valence-corrected chi connectivity index (χ1v) is 9.74. The van der Waals surface area contributed by atoms with Crippen molar-refractivity contribution in [1.29, 1.82) is 0 Å². The third-order valence-electron chi connectivity index (χ3n) is 6.38. The van der Waals surface area contributed by atoms with Crippen LogP contribution in [0, 0.1) is 11.8 Å². The van der Waals surface area contributed by atoms with Crippen LogP contribution >= 0.6 is 0 Å². The molecule has 0 radical (unpaired) electrons. The van der Waals surface area contributed by atoms with Gasteiger partial charge in [0.2, 0.25) is 5.91 Å². The van der Waals surface area contributed by atoms with E-state index in [9.17, 15) is 9.59 Å². The zero-order valence-corrected chi connectivity index (χ0v) is 15.5. The van der Waals surface area contributed by atoms with Crippen molar-refractivity contribution >= 4 is 11.8 Å². The molecule has 3 unspecified atom stereocenters. The number of amides is 2. The number of likely N-dealkylation sites (tertiary alicyclic amines) is 1. The van der Waals surface area contributed by atoms with Gasteiger partial charge in [0.05, 0.1) is 6.10 Å². The maximum Gasteiger partial charge on any atom is 0.274 e. The average Bonchev–Trinajstić information content (AvgIpc) is 3.31. The highest BCUT2D eigenvalue weighted by Gasteiger charge is 2.47. The first kappa shape index (κ1) is 17.5. The number of nitrogens with zero attached hydrogens (tertiary/aromatic N) is 2. The lowest BCUT2D eigenvalue weighted by Gasteiger charge is -2.35. The summed E-state index contributed by atoms with van der Waals surface area (Å²) in [6, 6.07) is 2.28. The molecule has 3 aliphatic rings. The van der Waals surface area contributed by atoms with Crippen molar-refractivity contribution < 1.29 is 14.3 Å². The van der Waals surface area contributed by atoms with Gasteiger partial charge < -0.3 is 15.0 Å². The van der Waals surface area contributed by atoms with E-state index in [1.165, 1.54) is 0 Å². The van der Waals surface area contributed by atoms with E-state index in [4.69, 9.17) is 4.74 Å². The Morgan fingerprint density at radius 2 is 2.15 bits per heavy atom. The van der Waals surface area contributed by atoms with Crippen LogP contribution in [0.3, 0.4) is 0 Å². The zero-order valence-electron chi connectivity index (χ0n) is 15.5. The number of fused-ring (bicyclic) bond motifs is 2. The van der Waals surface area contributed by atoms with Crippen LogP contribution in [-0.4, -0.2) is 58.8 Å². The summed E-state index contributed by atoms with van der Waals surface area (Å²) in [5.41, 5.74) is 1.49. The van der Waals surface area contributed by atoms with Gasteiger partial charge in [0.25, 0.3) is 5.91 Å². The van der Waals surface area contributed by atoms with Gasteiger partial charge in [0, 0.05) is 37.9 Å². The van der Waals surface area contributed by atoms with Gasteiger partial charge in [-0.2, -0.15) is 5.10 Å². The van der Waals surface area contributed by atoms with Crippen LogP contribution in [0.2, 0.25) is 0 Å². The normalized spacial score (nSPS) is 32.5. The molecule has 2 heterocycles. The van der Waals surface area contributed by atoms with Crippen molar-refractivity contribution in [2.75, 3.05) is 13.7 Å². The van der Waals surface area contributed by atoms with E-state index in [1.54, 1.807) is 7.11 Å². The molecule has 2 bridgehead atoms. The fourth-order valence-electron chi connectivity index (χ4n) is 4.74. The quantitative estimate of drug-likeness (QED) is 0.805. The fourth-order valence-corrected chi connectivity index (χ4v) is 4.74. The molecule has 1 aromatic rings. The van der Waals surface area contributed by atoms with Gasteiger partial charge in [-0.25, -0.2) is 0 Å². The largest absolute Gasteiger partial charge is 0.381 e. The smallest absolute Gasteiger partial charge is 0.274 e. The number of H-pyrrole nitrogens is 1. The summed E-state index contributed by atoms with van der Waals surface area (Å²) < 4.78 is 5.27. The number of aromatic nitrogens is 2. The Hall–Kier alpha value is -1.89. The van der Waals surface area contributed by atoms with E-state index >= 15 is 0 Å². The van der Waals surface area contributed by atoms with Gasteiger partial charge >= 0.3 is 0 Å². The van der Waals surface area contributed by atoms with Crippen LogP contribution in [0.1, 0.15) is 55.2 Å². The van der Waals surface area contributed by atoms with Crippen LogP contribution in [0.15, 0.2) is 6.07 Å². The van der Waals surface area contributed by atoms with E-state index in [1.807, 2.05) is 17.9 Å². The molecule has 7 heteroatoms. The summed E-state index contributed by atoms with van der Waals surface area (Å²) in [6.07, 6.45) is 5.61. The van der Waals surface area contributed by atoms with Gasteiger partial charge in [0.1, 0.15) is 5.69 Å². The van der Waals surface area contributed by atoms with Gasteiger partial charge in [-0.15, -0.1) is 0 Å². The van der Waals surface area contributed by atoms with Crippen molar-refractivity contribution in [2.45, 2.75) is 63.6 Å². The highest BCUT2D eigenvalue weighted by Crippen LogP contribution is 2.39. The standard InChI is InChI=1S/C19H28N4O3/c1-3-13-8-17(22-21-13)19(25)23-10-12-7-14(23)9-16(12)20-18(24)6-11-4-15(5-11)26-2/h8,11-12,14-16H,3-7,9-10H2,1-2H3,(H,20,24)(H,21,22). The van der Waals surface area contributed by atoms with Crippen LogP contribution in [-0.2, 0) is 16.0 Å². The SMILES string of the molecule is CCc1cc(C(=O)N2CC3CC2CC3NC(=O)CC2CC(OC)C2)n[nH]1. The number of carbonyl (C=O) groups is 2. The van der Waals surface area contributed by atoms with Crippen molar-refractivity contribution in [3.8, 4) is 0 Å². The van der Waals surface area contributed by atoms with E-state index in [0.717, 1.165) is 44.3 Å². The zero-order chi connectivity index (χ0) is 18.3. The predicted octanol–water partition coefficient (Wildman–Crippen LogP) is 1.51. The van der Waals surface area contributed by atoms with Crippen molar-refractivity contribution in [3.63, 3.8) is 0 Å². The lowest BCUT2D eigenvalue weighted by Crippen LogP contribution is -2.48. The third-order valence-corrected chi connectivity index (χ3v) is 6.38. The number of rotatable bonds is 6. The molecule has 2 aliphatic carbocycles. The summed E-state index contributed by atoms with van der Waals surface area (Å²) in [5, 5.41) is 10.3. The number of ether oxygens (including phenoxy) is 1. The third kappa shape index (κ3) is 3.24. The summed E-state index contributed by atoms with van der Waals surface area (Å²) >= 11 is 0. The molecule has 2 N–H and O–H groups in total. The molecule has 1 aliphatic heterocycles. The number of piperidine rings is 1. The second-order valence-corrected chi connectivity index (χ2v) is 8.05. The van der Waals surface area contributed by atoms with Gasteiger partial charge in [-0.3, -0.25) is 14.7 Å². The fraction of sp³-hybridized carbons (Fsp3) is 0.737. The molecule has 1 aromatic heterocycles. The van der Waals surface area contributed by atoms with Crippen LogP contribution in [0.5, 0.6) is 0 Å². The van der Waals surface area contributed by atoms with E-state index < -0.39 is 0 Å². The minimum absolute atomic E-state index is 0.0123. The molecular weight excluding hydrogens is 332 g/mol. The average molecular weight is 360 g/mol. The highest BCUT2D eigenvalue weighted by molar-refractivity contribution is 5.93. The second-order valence-electron chi connectivity index (χ2n) is 8.05. The van der Waals surface area contributed by atoms with Gasteiger partial charge in [-0.1, -0.05) is 6.92 Å². The molecule has 26 heavy (non-hydrogen) atoms. The Labute approximate surface area is 153 Å². The van der Waals surface area contributed by atoms with Crippen molar-refractivity contribution in [1.82, 2.24) is 20.4 Å². The van der Waals surface area contributed by atoms with Crippen LogP contribution < -0.4 is 5.32 Å². The molecular formula is C19H28N4O3. The van der Waals surface area contributed by atoms with E-state index in [2.05, 4.69) is 15.5 Å². The number of carbonyl (C=O) groups excluding carboxylic acids is 2. The molecule has 1 saturated heterocycles. The molecule has 7 nitrogen and oxygen atoms in total. The van der Waals surface area contributed by atoms with Crippen molar-refractivity contribution in [3.05, 3.63) is 17.5 Å². The number of nitrogens with one attached hydrogen (secondary N) is 2. The lowest BCUT2D eigenvalue weighted by atomic mass is 9.80. The Balaban J connectivity index is 1.27. The highest BCUT2D eigenvalue weighted by atomic mass is 16.5. The minimum atomic E-state index is 0.0123. The van der Waals surface area contributed by atoms with Crippen molar-refractivity contribution in [2.24, 2.45) is 11.8 Å². The second kappa shape index (κ2) is 7.02. The van der Waals surface area contributed by atoms with Crippen LogP contribution in [0.4, 0.5) is 0 Å². The molecule has 0 aromatic carbocycles. The molecule has 2 saturated carbocycles. The number of aryl methyl sites for hydroxylation is 1. The minimum Gasteiger partial charge on any atom is -0.381 e. The first-order chi connectivity index (χ1) is 12.6. The summed E-state index contributed by atoms with van der Waals surface area (Å²) in [7, 11) is 1.73. The topological polar surface area (TPSA) is 87.3 Å². The summed E-state index contributed by atoms with van der Waals surface area (Å²) in [5.74, 6) is 0.993. The maximum absolute atomic E-state index is 12.7. The maximum atomic E-state index is 12.7. The molecule has 3 atom stereocenters. The molecule has 4 rings (SSSR count). The Kier molecular flexibility index (Phi) is 4.73. The monoisotopic (exact) mass is 360 g/mol. The lowest BCUT2D eigenvalue weighted by molar-refractivity contribution is -0.125. The number of hydrogen-bond acceptors (Lipinski definition) is 4. The number of aromatic amines is 1. The Morgan fingerprint density at radius 3 is 2.77 bits per heavy atom. The number of hydrogen-bond donors (Lipinski definition) is 2. The first-order valence-electron chi connectivity index (χ1n) is 9.74. The Morgan fingerprint density at radius 1 is 1.35 bits per heavy atom. The molecule has 3 fully saturated rings. The van der Waals surface area contributed by atoms with Crippen LogP contribution in [0.25, 0.3) is 0 Å². The van der Waals surface area contributed by atoms with Gasteiger partial charge in [-0.05, 0) is 50.0 Å². The summed E-state index contributed by atoms with van der Waals surface area (Å²) in [6.45, 7) is 2.75. The predicted molar refractivity (Wildman–Crippen MR) is 95.6 cm³/mol. The molecule has 2 amide bonds. The van der Waals surface area contributed by atoms with Gasteiger partial charge in [0.15, 0.2) is 0 Å². The Bertz CT molecular complexity index is 682.